The topological polar surface area (TPSA) is 66.5 Å². The van der Waals surface area contributed by atoms with Gasteiger partial charge in [0.25, 0.3) is 15.9 Å². The number of amides is 1. The first-order valence-corrected chi connectivity index (χ1v) is 9.77. The molecule has 1 aliphatic rings. The Kier molecular flexibility index (Phi) is 4.75. The molecule has 2 aromatic carbocycles. The molecule has 3 rings (SSSR count). The molecule has 1 N–H and O–H groups in total. The normalized spacial score (nSPS) is 14.2. The molecule has 1 aliphatic carbocycles. The van der Waals surface area contributed by atoms with E-state index >= 15 is 0 Å². The number of aryl methyl sites for hydroxylation is 1. The number of carbonyl (C=O) groups is 1. The molecule has 0 radical (unpaired) electrons. The van der Waals surface area contributed by atoms with Crippen LogP contribution in [-0.2, 0) is 10.0 Å². The molecular formula is C18H19ClN2O3S. The molecule has 1 amide bonds. The minimum Gasteiger partial charge on any atom is -0.349 e. The largest absolute Gasteiger partial charge is 0.349 e. The fraction of sp³-hybridized carbons (Fsp3) is 0.278. The van der Waals surface area contributed by atoms with E-state index in [0.29, 0.717) is 21.8 Å². The van der Waals surface area contributed by atoms with Gasteiger partial charge in [-0.05, 0) is 67.8 Å². The monoisotopic (exact) mass is 378 g/mol. The first-order valence-electron chi connectivity index (χ1n) is 7.95. The van der Waals surface area contributed by atoms with Crippen LogP contribution < -0.4 is 9.62 Å². The predicted octanol–water partition coefficient (Wildman–Crippen LogP) is 3.37. The average Bonchev–Trinajstić information content (AvgIpc) is 3.38. The van der Waals surface area contributed by atoms with Crippen molar-refractivity contribution in [2.45, 2.75) is 30.7 Å². The van der Waals surface area contributed by atoms with Gasteiger partial charge in [-0.25, -0.2) is 8.42 Å². The maximum atomic E-state index is 12.8. The molecule has 7 heteroatoms. The van der Waals surface area contributed by atoms with E-state index in [1.165, 1.54) is 23.5 Å². The van der Waals surface area contributed by atoms with E-state index in [4.69, 9.17) is 11.6 Å². The lowest BCUT2D eigenvalue weighted by atomic mass is 10.1. The van der Waals surface area contributed by atoms with Gasteiger partial charge in [0.15, 0.2) is 0 Å². The van der Waals surface area contributed by atoms with Gasteiger partial charge in [0.05, 0.1) is 10.6 Å². The zero-order chi connectivity index (χ0) is 18.2. The van der Waals surface area contributed by atoms with Crippen LogP contribution in [0.15, 0.2) is 47.4 Å². The van der Waals surface area contributed by atoms with Crippen LogP contribution in [0.1, 0.15) is 28.8 Å². The fourth-order valence-corrected chi connectivity index (χ4v) is 3.93. The second-order valence-corrected chi connectivity index (χ2v) is 8.58. The highest BCUT2D eigenvalue weighted by Crippen LogP contribution is 2.27. The number of hydrogen-bond acceptors (Lipinski definition) is 3. The Balaban J connectivity index is 1.87. The second-order valence-electron chi connectivity index (χ2n) is 6.18. The third-order valence-corrected chi connectivity index (χ3v) is 6.22. The summed E-state index contributed by atoms with van der Waals surface area (Å²) >= 11 is 5.82. The van der Waals surface area contributed by atoms with Crippen LogP contribution in [-0.4, -0.2) is 27.4 Å². The van der Waals surface area contributed by atoms with Crippen LogP contribution in [0.2, 0.25) is 5.02 Å². The van der Waals surface area contributed by atoms with E-state index in [-0.39, 0.29) is 16.8 Å². The van der Waals surface area contributed by atoms with Gasteiger partial charge in [0, 0.05) is 23.7 Å². The highest BCUT2D eigenvalue weighted by atomic mass is 35.5. The molecule has 2 aromatic rings. The van der Waals surface area contributed by atoms with Crippen molar-refractivity contribution >= 4 is 33.2 Å². The van der Waals surface area contributed by atoms with Gasteiger partial charge in [0.2, 0.25) is 0 Å². The van der Waals surface area contributed by atoms with Gasteiger partial charge < -0.3 is 5.32 Å². The number of nitrogens with one attached hydrogen (secondary N) is 1. The van der Waals surface area contributed by atoms with E-state index in [1.807, 2.05) is 0 Å². The summed E-state index contributed by atoms with van der Waals surface area (Å²) in [6.45, 7) is 1.79. The van der Waals surface area contributed by atoms with Crippen LogP contribution in [0.25, 0.3) is 0 Å². The third-order valence-electron chi connectivity index (χ3n) is 4.18. The summed E-state index contributed by atoms with van der Waals surface area (Å²) in [5.74, 6) is -0.125. The number of carbonyl (C=O) groups excluding carboxylic acids is 1. The van der Waals surface area contributed by atoms with Crippen LogP contribution in [0.5, 0.6) is 0 Å². The summed E-state index contributed by atoms with van der Waals surface area (Å²) in [7, 11) is -2.20. The Hall–Kier alpha value is -2.05. The van der Waals surface area contributed by atoms with E-state index < -0.39 is 10.0 Å². The quantitative estimate of drug-likeness (QED) is 0.867. The van der Waals surface area contributed by atoms with Crippen molar-refractivity contribution in [3.63, 3.8) is 0 Å². The van der Waals surface area contributed by atoms with E-state index in [0.717, 1.165) is 12.8 Å². The third kappa shape index (κ3) is 3.80. The van der Waals surface area contributed by atoms with Crippen molar-refractivity contribution in [2.75, 3.05) is 11.4 Å². The average molecular weight is 379 g/mol. The van der Waals surface area contributed by atoms with Crippen LogP contribution in [0.4, 0.5) is 5.69 Å². The van der Waals surface area contributed by atoms with Gasteiger partial charge in [-0.3, -0.25) is 9.10 Å². The Morgan fingerprint density at radius 3 is 2.36 bits per heavy atom. The maximum absolute atomic E-state index is 12.8. The minimum absolute atomic E-state index is 0.125. The number of benzene rings is 2. The van der Waals surface area contributed by atoms with Crippen molar-refractivity contribution in [3.05, 3.63) is 58.6 Å². The van der Waals surface area contributed by atoms with Gasteiger partial charge in [-0.1, -0.05) is 11.6 Å². The molecule has 0 heterocycles. The van der Waals surface area contributed by atoms with E-state index in [9.17, 15) is 13.2 Å². The molecule has 0 unspecified atom stereocenters. The summed E-state index contributed by atoms with van der Waals surface area (Å²) in [5.41, 5.74) is 1.77. The Morgan fingerprint density at radius 2 is 1.80 bits per heavy atom. The standard InChI is InChI=1S/C18H19ClN2O3S/c1-12-11-13(18(22)20-15-6-7-15)3-10-17(12)21(2)25(23,24)16-8-4-14(19)5-9-16/h3-5,8-11,15H,6-7H2,1-2H3,(H,20,22). The summed E-state index contributed by atoms with van der Waals surface area (Å²) < 4.78 is 26.8. The zero-order valence-corrected chi connectivity index (χ0v) is 15.6. The summed E-state index contributed by atoms with van der Waals surface area (Å²) in [5, 5.41) is 3.40. The Morgan fingerprint density at radius 1 is 1.16 bits per heavy atom. The van der Waals surface area contributed by atoms with Crippen molar-refractivity contribution in [3.8, 4) is 0 Å². The molecule has 25 heavy (non-hydrogen) atoms. The Labute approximate surface area is 152 Å². The van der Waals surface area contributed by atoms with E-state index in [1.54, 1.807) is 37.3 Å². The SMILES string of the molecule is Cc1cc(C(=O)NC2CC2)ccc1N(C)S(=O)(=O)c1ccc(Cl)cc1. The Bertz CT molecular complexity index is 906. The minimum atomic E-state index is -3.70. The molecule has 5 nitrogen and oxygen atoms in total. The molecular weight excluding hydrogens is 360 g/mol. The van der Waals surface area contributed by atoms with Gasteiger partial charge in [0.1, 0.15) is 0 Å². The highest BCUT2D eigenvalue weighted by Gasteiger charge is 2.25. The van der Waals surface area contributed by atoms with Crippen LogP contribution >= 0.6 is 11.6 Å². The number of hydrogen-bond donors (Lipinski definition) is 1. The maximum Gasteiger partial charge on any atom is 0.264 e. The molecule has 1 saturated carbocycles. The van der Waals surface area contributed by atoms with Crippen LogP contribution in [0.3, 0.4) is 0 Å². The molecule has 0 atom stereocenters. The summed E-state index contributed by atoms with van der Waals surface area (Å²) in [4.78, 5) is 12.3. The fourth-order valence-electron chi connectivity index (χ4n) is 2.54. The first kappa shape index (κ1) is 17.8. The lowest BCUT2D eigenvalue weighted by Gasteiger charge is -2.22. The molecule has 0 saturated heterocycles. The predicted molar refractivity (Wildman–Crippen MR) is 98.7 cm³/mol. The molecule has 0 spiro atoms. The molecule has 1 fully saturated rings. The smallest absolute Gasteiger partial charge is 0.264 e. The van der Waals surface area contributed by atoms with Crippen molar-refractivity contribution in [1.29, 1.82) is 0 Å². The molecule has 0 bridgehead atoms. The van der Waals surface area contributed by atoms with Crippen molar-refractivity contribution in [2.24, 2.45) is 0 Å². The van der Waals surface area contributed by atoms with Gasteiger partial charge >= 0.3 is 0 Å². The number of sulfonamides is 1. The summed E-state index contributed by atoms with van der Waals surface area (Å²) in [6.07, 6.45) is 2.04. The number of anilines is 1. The van der Waals surface area contributed by atoms with Crippen molar-refractivity contribution in [1.82, 2.24) is 5.32 Å². The first-order chi connectivity index (χ1) is 11.8. The lowest BCUT2D eigenvalue weighted by molar-refractivity contribution is 0.0951. The second kappa shape index (κ2) is 6.69. The highest BCUT2D eigenvalue weighted by molar-refractivity contribution is 7.92. The lowest BCUT2D eigenvalue weighted by Crippen LogP contribution is -2.28. The van der Waals surface area contributed by atoms with Gasteiger partial charge in [-0.15, -0.1) is 0 Å². The van der Waals surface area contributed by atoms with Gasteiger partial charge in [-0.2, -0.15) is 0 Å². The number of nitrogens with zero attached hydrogens (tertiary/aromatic N) is 1. The van der Waals surface area contributed by atoms with Crippen molar-refractivity contribution < 1.29 is 13.2 Å². The number of rotatable bonds is 5. The molecule has 0 aromatic heterocycles. The molecule has 0 aliphatic heterocycles. The molecule has 132 valence electrons. The number of halogens is 1. The zero-order valence-electron chi connectivity index (χ0n) is 14.0. The summed E-state index contributed by atoms with van der Waals surface area (Å²) in [6, 6.07) is 11.3. The van der Waals surface area contributed by atoms with Crippen LogP contribution in [0, 0.1) is 6.92 Å². The van der Waals surface area contributed by atoms with E-state index in [2.05, 4.69) is 5.32 Å².